The van der Waals surface area contributed by atoms with Crippen molar-refractivity contribution >= 4 is 24.6 Å². The summed E-state index contributed by atoms with van der Waals surface area (Å²) in [6, 6.07) is 24.3. The van der Waals surface area contributed by atoms with Gasteiger partial charge in [-0.2, -0.15) is 0 Å². The Bertz CT molecular complexity index is 1490. The van der Waals surface area contributed by atoms with Crippen LogP contribution in [-0.2, 0) is 20.6 Å². The molecular weight excluding hydrogens is 551 g/mol. The summed E-state index contributed by atoms with van der Waals surface area (Å²) in [5, 5.41) is 2.84. The highest BCUT2D eigenvalue weighted by Crippen LogP contribution is 2.37. The molecule has 5 rings (SSSR count). The van der Waals surface area contributed by atoms with Gasteiger partial charge in [-0.3, -0.25) is 4.79 Å². The van der Waals surface area contributed by atoms with Crippen molar-refractivity contribution in [3.05, 3.63) is 89.5 Å². The highest BCUT2D eigenvalue weighted by Gasteiger charge is 2.52. The Kier molecular flexibility index (Phi) is 8.97. The second-order valence-corrected chi connectivity index (χ2v) is 13.9. The minimum absolute atomic E-state index is 0.0497. The Morgan fingerprint density at radius 2 is 1.57 bits per heavy atom. The van der Waals surface area contributed by atoms with Gasteiger partial charge in [-0.15, -0.1) is 0 Å². The summed E-state index contributed by atoms with van der Waals surface area (Å²) in [7, 11) is -0.485. The number of rotatable bonds is 6. The number of nitrogens with zero attached hydrogens (tertiary/aromatic N) is 1. The average Bonchev–Trinajstić information content (AvgIpc) is 3.21. The van der Waals surface area contributed by atoms with Gasteiger partial charge in [0.05, 0.1) is 11.2 Å². The Morgan fingerprint density at radius 3 is 2.25 bits per heavy atom. The molecule has 7 nitrogen and oxygen atoms in total. The van der Waals surface area contributed by atoms with Crippen LogP contribution in [-0.4, -0.2) is 53.9 Å². The van der Waals surface area contributed by atoms with Crippen molar-refractivity contribution in [2.24, 2.45) is 0 Å². The van der Waals surface area contributed by atoms with Crippen molar-refractivity contribution in [1.29, 1.82) is 0 Å². The second-order valence-electron chi connectivity index (χ2n) is 13.9. The van der Waals surface area contributed by atoms with Crippen LogP contribution in [0.3, 0.4) is 0 Å². The molecular formula is C36H45BN2O5. The van der Waals surface area contributed by atoms with E-state index in [-0.39, 0.29) is 5.91 Å². The van der Waals surface area contributed by atoms with Crippen LogP contribution in [0.25, 0.3) is 11.1 Å². The summed E-state index contributed by atoms with van der Waals surface area (Å²) in [5.74, 6) is 0.410. The lowest BCUT2D eigenvalue weighted by Crippen LogP contribution is -2.41. The first-order chi connectivity index (χ1) is 20.7. The van der Waals surface area contributed by atoms with Crippen LogP contribution in [0.1, 0.15) is 88.7 Å². The maximum absolute atomic E-state index is 13.7. The fraction of sp³-hybridized carbons (Fsp3) is 0.444. The predicted molar refractivity (Wildman–Crippen MR) is 175 cm³/mol. The molecule has 0 bridgehead atoms. The fourth-order valence-corrected chi connectivity index (χ4v) is 5.80. The quantitative estimate of drug-likeness (QED) is 0.321. The number of ether oxygens (including phenoxy) is 1. The van der Waals surface area contributed by atoms with E-state index in [1.807, 2.05) is 80.3 Å². The van der Waals surface area contributed by atoms with E-state index in [0.29, 0.717) is 31.1 Å². The summed E-state index contributed by atoms with van der Waals surface area (Å²) >= 11 is 0. The summed E-state index contributed by atoms with van der Waals surface area (Å²) in [6.45, 7) is 15.6. The van der Waals surface area contributed by atoms with Crippen LogP contribution in [0.5, 0.6) is 0 Å². The van der Waals surface area contributed by atoms with E-state index in [0.717, 1.165) is 35.0 Å². The normalized spacial score (nSPS) is 18.2. The molecule has 3 aromatic carbocycles. The number of alkyl carbamates (subject to hydrolysis) is 1. The molecule has 2 heterocycles. The lowest BCUT2D eigenvalue weighted by atomic mass is 9.74. The summed E-state index contributed by atoms with van der Waals surface area (Å²) < 4.78 is 18.1. The first-order valence-corrected chi connectivity index (χ1v) is 15.6. The van der Waals surface area contributed by atoms with Gasteiger partial charge >= 0.3 is 13.2 Å². The van der Waals surface area contributed by atoms with Gasteiger partial charge < -0.3 is 24.3 Å². The first kappa shape index (κ1) is 31.8. The molecule has 2 aliphatic rings. The first-order valence-electron chi connectivity index (χ1n) is 15.6. The predicted octanol–water partition coefficient (Wildman–Crippen LogP) is 6.70. The minimum Gasteiger partial charge on any atom is -0.444 e. The Hall–Kier alpha value is -3.62. The zero-order valence-corrected chi connectivity index (χ0v) is 27.1. The largest absolute Gasteiger partial charge is 0.495 e. The zero-order valence-electron chi connectivity index (χ0n) is 27.1. The third kappa shape index (κ3) is 7.19. The number of likely N-dealkylation sites (tertiary alicyclic amines) is 1. The molecule has 2 aliphatic heterocycles. The lowest BCUT2D eigenvalue weighted by molar-refractivity contribution is 0.00578. The molecule has 44 heavy (non-hydrogen) atoms. The number of carbonyl (C=O) groups is 2. The van der Waals surface area contributed by atoms with Crippen LogP contribution < -0.4 is 10.8 Å². The van der Waals surface area contributed by atoms with Crippen LogP contribution in [0.4, 0.5) is 4.79 Å². The molecule has 2 amide bonds. The topological polar surface area (TPSA) is 77.1 Å². The number of amides is 2. The van der Waals surface area contributed by atoms with Crippen molar-refractivity contribution in [1.82, 2.24) is 10.2 Å². The number of hydrogen-bond donors (Lipinski definition) is 1. The van der Waals surface area contributed by atoms with Gasteiger partial charge in [0.25, 0.3) is 5.91 Å². The number of benzene rings is 3. The van der Waals surface area contributed by atoms with E-state index in [1.165, 1.54) is 5.56 Å². The monoisotopic (exact) mass is 596 g/mol. The van der Waals surface area contributed by atoms with Gasteiger partial charge in [-0.05, 0) is 107 Å². The molecule has 0 aliphatic carbocycles. The Balaban J connectivity index is 1.23. The molecule has 2 saturated heterocycles. The lowest BCUT2D eigenvalue weighted by Gasteiger charge is -2.32. The highest BCUT2D eigenvalue weighted by atomic mass is 16.7. The van der Waals surface area contributed by atoms with E-state index < -0.39 is 30.0 Å². The molecule has 0 radical (unpaired) electrons. The molecule has 0 saturated carbocycles. The van der Waals surface area contributed by atoms with E-state index in [4.69, 9.17) is 14.0 Å². The SMILES string of the molecule is CC(C)(C)OC(=O)NCc1cccc(C2CCN(C(=O)c3cccc(-c4ccccc4B4OC(C)(C)C(C)(C)O4)c3)CC2)c1. The van der Waals surface area contributed by atoms with Crippen LogP contribution >= 0.6 is 0 Å². The maximum atomic E-state index is 13.7. The summed E-state index contributed by atoms with van der Waals surface area (Å²) in [5.41, 5.74) is 4.47. The smallest absolute Gasteiger partial charge is 0.444 e. The van der Waals surface area contributed by atoms with E-state index in [9.17, 15) is 9.59 Å². The van der Waals surface area contributed by atoms with Crippen molar-refractivity contribution in [2.45, 2.75) is 90.6 Å². The molecule has 0 spiro atoms. The third-order valence-corrected chi connectivity index (χ3v) is 8.93. The molecule has 0 unspecified atom stereocenters. The van der Waals surface area contributed by atoms with Gasteiger partial charge in [0.15, 0.2) is 0 Å². The number of nitrogens with one attached hydrogen (secondary N) is 1. The average molecular weight is 597 g/mol. The van der Waals surface area contributed by atoms with E-state index in [2.05, 4.69) is 51.2 Å². The molecule has 3 aromatic rings. The van der Waals surface area contributed by atoms with E-state index >= 15 is 0 Å². The molecule has 0 atom stereocenters. The minimum atomic E-state index is -0.530. The highest BCUT2D eigenvalue weighted by molar-refractivity contribution is 6.63. The summed E-state index contributed by atoms with van der Waals surface area (Å²) in [6.07, 6.45) is 1.36. The van der Waals surface area contributed by atoms with Crippen LogP contribution in [0, 0.1) is 0 Å². The van der Waals surface area contributed by atoms with Crippen molar-refractivity contribution in [3.63, 3.8) is 0 Å². The third-order valence-electron chi connectivity index (χ3n) is 8.93. The van der Waals surface area contributed by atoms with Crippen LogP contribution in [0.15, 0.2) is 72.8 Å². The van der Waals surface area contributed by atoms with Crippen molar-refractivity contribution < 1.29 is 23.6 Å². The second kappa shape index (κ2) is 12.4. The van der Waals surface area contributed by atoms with Crippen molar-refractivity contribution in [3.8, 4) is 11.1 Å². The van der Waals surface area contributed by atoms with Crippen molar-refractivity contribution in [2.75, 3.05) is 13.1 Å². The number of hydrogen-bond acceptors (Lipinski definition) is 5. The zero-order chi connectivity index (χ0) is 31.7. The Labute approximate surface area is 262 Å². The molecule has 1 N–H and O–H groups in total. The van der Waals surface area contributed by atoms with Gasteiger partial charge in [-0.1, -0.05) is 60.7 Å². The molecule has 232 valence electrons. The van der Waals surface area contributed by atoms with Gasteiger partial charge in [0.2, 0.25) is 0 Å². The van der Waals surface area contributed by atoms with Crippen LogP contribution in [0.2, 0.25) is 0 Å². The number of piperidine rings is 1. The molecule has 8 heteroatoms. The van der Waals surface area contributed by atoms with Gasteiger partial charge in [-0.25, -0.2) is 4.79 Å². The summed E-state index contributed by atoms with van der Waals surface area (Å²) in [4.78, 5) is 27.7. The number of carbonyl (C=O) groups excluding carboxylic acids is 2. The van der Waals surface area contributed by atoms with Gasteiger partial charge in [0.1, 0.15) is 5.60 Å². The molecule has 0 aromatic heterocycles. The molecule has 2 fully saturated rings. The maximum Gasteiger partial charge on any atom is 0.495 e. The standard InChI is InChI=1S/C36H45BN2O5/c1-34(2,3)42-33(41)38-24-25-12-10-13-27(22-25)26-18-20-39(21-19-26)32(40)29-15-11-14-28(23-29)30-16-8-9-17-31(30)37-43-35(4,5)36(6,7)44-37/h8-17,22-23,26H,18-21,24H2,1-7H3,(H,38,41). The van der Waals surface area contributed by atoms with E-state index in [1.54, 1.807) is 0 Å². The Morgan fingerprint density at radius 1 is 0.909 bits per heavy atom. The fourth-order valence-electron chi connectivity index (χ4n) is 5.80. The van der Waals surface area contributed by atoms with Gasteiger partial charge in [0, 0.05) is 25.2 Å².